The number of hydrogen-bond acceptors (Lipinski definition) is 6. The van der Waals surface area contributed by atoms with Crippen molar-refractivity contribution < 1.29 is 22.7 Å². The van der Waals surface area contributed by atoms with Crippen molar-refractivity contribution in [1.82, 2.24) is 4.57 Å². The standard InChI is InChI=1S/C26H23N3O5S2/c1-3-28-22-13-10-19(25(31)34-2)16-23(22)35-26(28)27-24(30)18-8-11-20(12-9-18)36(32,33)29-15-14-17-6-4-5-7-21(17)29/h4-13,16H,3,14-15H2,1-2H3. The molecule has 0 atom stereocenters. The third kappa shape index (κ3) is 4.12. The van der Waals surface area contributed by atoms with Crippen molar-refractivity contribution in [2.45, 2.75) is 24.8 Å². The Kier molecular flexibility index (Phi) is 6.23. The molecule has 1 aliphatic heterocycles. The van der Waals surface area contributed by atoms with Crippen LogP contribution in [0, 0.1) is 0 Å². The third-order valence-electron chi connectivity index (χ3n) is 6.15. The summed E-state index contributed by atoms with van der Waals surface area (Å²) in [5.74, 6) is -0.914. The number of nitrogens with zero attached hydrogens (tertiary/aromatic N) is 3. The molecule has 36 heavy (non-hydrogen) atoms. The summed E-state index contributed by atoms with van der Waals surface area (Å²) in [7, 11) is -2.42. The van der Waals surface area contributed by atoms with Gasteiger partial charge >= 0.3 is 5.97 Å². The Labute approximate surface area is 212 Å². The minimum Gasteiger partial charge on any atom is -0.465 e. The van der Waals surface area contributed by atoms with Gasteiger partial charge in [0.2, 0.25) is 0 Å². The lowest BCUT2D eigenvalue weighted by molar-refractivity contribution is 0.0600. The van der Waals surface area contributed by atoms with Crippen LogP contribution in [-0.2, 0) is 27.7 Å². The average Bonchev–Trinajstić information content (AvgIpc) is 3.49. The zero-order valence-corrected chi connectivity index (χ0v) is 21.3. The van der Waals surface area contributed by atoms with Crippen LogP contribution < -0.4 is 9.11 Å². The number of sulfonamides is 1. The molecule has 0 fully saturated rings. The number of methoxy groups -OCH3 is 1. The van der Waals surface area contributed by atoms with E-state index < -0.39 is 21.9 Å². The van der Waals surface area contributed by atoms with E-state index in [-0.39, 0.29) is 10.5 Å². The molecule has 1 amide bonds. The highest BCUT2D eigenvalue weighted by atomic mass is 32.2. The number of thiazole rings is 1. The minimum absolute atomic E-state index is 0.122. The van der Waals surface area contributed by atoms with Crippen molar-refractivity contribution in [2.24, 2.45) is 4.99 Å². The molecule has 0 radical (unpaired) electrons. The van der Waals surface area contributed by atoms with Crippen molar-refractivity contribution >= 4 is 49.1 Å². The Morgan fingerprint density at radius 3 is 2.47 bits per heavy atom. The van der Waals surface area contributed by atoms with Crippen molar-refractivity contribution in [2.75, 3.05) is 18.0 Å². The summed E-state index contributed by atoms with van der Waals surface area (Å²) in [6.45, 7) is 2.91. The third-order valence-corrected chi connectivity index (χ3v) is 9.02. The first kappa shape index (κ1) is 24.0. The summed E-state index contributed by atoms with van der Waals surface area (Å²) in [6.07, 6.45) is 0.665. The molecular weight excluding hydrogens is 498 g/mol. The highest BCUT2D eigenvalue weighted by Crippen LogP contribution is 2.32. The van der Waals surface area contributed by atoms with Crippen LogP contribution in [0.2, 0.25) is 0 Å². The van der Waals surface area contributed by atoms with E-state index in [9.17, 15) is 18.0 Å². The molecule has 0 bridgehead atoms. The summed E-state index contributed by atoms with van der Waals surface area (Å²) >= 11 is 1.30. The van der Waals surface area contributed by atoms with Gasteiger partial charge in [0.1, 0.15) is 0 Å². The predicted molar refractivity (Wildman–Crippen MR) is 138 cm³/mol. The maximum Gasteiger partial charge on any atom is 0.337 e. The molecule has 0 aliphatic carbocycles. The molecule has 5 rings (SSSR count). The Hall–Kier alpha value is -3.76. The first-order valence-corrected chi connectivity index (χ1v) is 13.6. The molecule has 8 nitrogen and oxygen atoms in total. The highest BCUT2D eigenvalue weighted by molar-refractivity contribution is 7.92. The van der Waals surface area contributed by atoms with E-state index in [0.29, 0.717) is 35.6 Å². The molecule has 0 spiro atoms. The lowest BCUT2D eigenvalue weighted by atomic mass is 10.2. The second-order valence-electron chi connectivity index (χ2n) is 8.20. The van der Waals surface area contributed by atoms with Crippen LogP contribution in [0.4, 0.5) is 5.69 Å². The Balaban J connectivity index is 1.45. The van der Waals surface area contributed by atoms with E-state index >= 15 is 0 Å². The van der Waals surface area contributed by atoms with Gasteiger partial charge in [-0.05, 0) is 67.4 Å². The van der Waals surface area contributed by atoms with Crippen molar-refractivity contribution in [1.29, 1.82) is 0 Å². The zero-order valence-electron chi connectivity index (χ0n) is 19.7. The zero-order chi connectivity index (χ0) is 25.4. The van der Waals surface area contributed by atoms with Gasteiger partial charge in [0.05, 0.1) is 33.5 Å². The van der Waals surface area contributed by atoms with Gasteiger partial charge < -0.3 is 9.30 Å². The number of anilines is 1. The van der Waals surface area contributed by atoms with Crippen molar-refractivity contribution in [3.05, 3.63) is 88.2 Å². The van der Waals surface area contributed by atoms with Crippen molar-refractivity contribution in [3.63, 3.8) is 0 Å². The van der Waals surface area contributed by atoms with Crippen LogP contribution in [0.3, 0.4) is 0 Å². The number of carbonyl (C=O) groups is 2. The molecule has 10 heteroatoms. The molecule has 4 aromatic rings. The van der Waals surface area contributed by atoms with Crippen molar-refractivity contribution in [3.8, 4) is 0 Å². The van der Waals surface area contributed by atoms with Gasteiger partial charge in [-0.2, -0.15) is 4.99 Å². The largest absolute Gasteiger partial charge is 0.465 e. The van der Waals surface area contributed by atoms with Crippen LogP contribution in [0.25, 0.3) is 10.2 Å². The maximum atomic E-state index is 13.2. The van der Waals surface area contributed by atoms with Crippen LogP contribution in [0.1, 0.15) is 33.2 Å². The topological polar surface area (TPSA) is 98.0 Å². The molecule has 3 aromatic carbocycles. The normalized spacial score (nSPS) is 13.7. The summed E-state index contributed by atoms with van der Waals surface area (Å²) < 4.78 is 35.4. The van der Waals surface area contributed by atoms with Crippen LogP contribution in [-0.4, -0.2) is 38.5 Å². The summed E-state index contributed by atoms with van der Waals surface area (Å²) in [6, 6.07) is 18.5. The van der Waals surface area contributed by atoms with E-state index in [4.69, 9.17) is 4.74 Å². The molecule has 0 unspecified atom stereocenters. The highest BCUT2D eigenvalue weighted by Gasteiger charge is 2.30. The Bertz CT molecular complexity index is 1670. The first-order valence-electron chi connectivity index (χ1n) is 11.3. The molecular formula is C26H23N3O5S2. The second kappa shape index (κ2) is 9.36. The van der Waals surface area contributed by atoms with E-state index in [1.54, 1.807) is 24.3 Å². The maximum absolute atomic E-state index is 13.2. The molecule has 0 saturated carbocycles. The van der Waals surface area contributed by atoms with Gasteiger partial charge in [-0.1, -0.05) is 29.5 Å². The monoisotopic (exact) mass is 521 g/mol. The average molecular weight is 522 g/mol. The number of carbonyl (C=O) groups excluding carboxylic acids is 2. The van der Waals surface area contributed by atoms with Crippen LogP contribution in [0.15, 0.2) is 76.6 Å². The van der Waals surface area contributed by atoms with Gasteiger partial charge in [-0.25, -0.2) is 13.2 Å². The fourth-order valence-electron chi connectivity index (χ4n) is 4.31. The number of rotatable bonds is 5. The van der Waals surface area contributed by atoms with Gasteiger partial charge in [-0.15, -0.1) is 0 Å². The number of hydrogen-bond donors (Lipinski definition) is 0. The molecule has 184 valence electrons. The number of aromatic nitrogens is 1. The number of para-hydroxylation sites is 1. The number of fused-ring (bicyclic) bond motifs is 2. The van der Waals surface area contributed by atoms with Gasteiger partial charge in [0, 0.05) is 18.7 Å². The number of ether oxygens (including phenoxy) is 1. The number of benzene rings is 3. The first-order chi connectivity index (χ1) is 17.3. The second-order valence-corrected chi connectivity index (χ2v) is 11.1. The molecule has 0 saturated heterocycles. The lowest BCUT2D eigenvalue weighted by Crippen LogP contribution is -2.29. The number of aryl methyl sites for hydroxylation is 1. The van der Waals surface area contributed by atoms with Gasteiger partial charge in [0.25, 0.3) is 15.9 Å². The fraction of sp³-hybridized carbons (Fsp3) is 0.192. The smallest absolute Gasteiger partial charge is 0.337 e. The van der Waals surface area contributed by atoms with E-state index in [1.165, 1.54) is 47.0 Å². The fourth-order valence-corrected chi connectivity index (χ4v) is 6.95. The van der Waals surface area contributed by atoms with Gasteiger partial charge in [-0.3, -0.25) is 9.10 Å². The van der Waals surface area contributed by atoms with E-state index in [1.807, 2.05) is 29.7 Å². The summed E-state index contributed by atoms with van der Waals surface area (Å²) in [4.78, 5) is 29.7. The molecule has 1 aliphatic rings. The minimum atomic E-state index is -3.74. The van der Waals surface area contributed by atoms with Crippen LogP contribution >= 0.6 is 11.3 Å². The number of esters is 1. The van der Waals surface area contributed by atoms with E-state index in [0.717, 1.165) is 15.8 Å². The Morgan fingerprint density at radius 2 is 1.75 bits per heavy atom. The van der Waals surface area contributed by atoms with Gasteiger partial charge in [0.15, 0.2) is 4.80 Å². The summed E-state index contributed by atoms with van der Waals surface area (Å²) in [5, 5.41) is 0. The summed E-state index contributed by atoms with van der Waals surface area (Å²) in [5.41, 5.74) is 3.25. The SMILES string of the molecule is CCn1c(=NC(=O)c2ccc(S(=O)(=O)N3CCc4ccccc43)cc2)sc2cc(C(=O)OC)ccc21. The lowest BCUT2D eigenvalue weighted by Gasteiger charge is -2.19. The quantitative estimate of drug-likeness (QED) is 0.370. The van der Waals surface area contributed by atoms with E-state index in [2.05, 4.69) is 4.99 Å². The molecule has 2 heterocycles. The predicted octanol–water partition coefficient (Wildman–Crippen LogP) is 4.00. The Morgan fingerprint density at radius 1 is 1.03 bits per heavy atom. The molecule has 0 N–H and O–H groups in total. The number of amides is 1. The molecule has 1 aromatic heterocycles. The van der Waals surface area contributed by atoms with Crippen LogP contribution in [0.5, 0.6) is 0 Å².